The summed E-state index contributed by atoms with van der Waals surface area (Å²) >= 11 is 0. The van der Waals surface area contributed by atoms with Crippen molar-refractivity contribution in [2.24, 2.45) is 0 Å². The summed E-state index contributed by atoms with van der Waals surface area (Å²) in [6.45, 7) is 0. The summed E-state index contributed by atoms with van der Waals surface area (Å²) in [4.78, 5) is 32.0. The highest BCUT2D eigenvalue weighted by Gasteiger charge is 2.24. The number of furan rings is 2. The van der Waals surface area contributed by atoms with E-state index in [1.807, 2.05) is 36.4 Å². The molecule has 21 rings (SSSR count). The van der Waals surface area contributed by atoms with E-state index in [9.17, 15) is 0 Å². The summed E-state index contributed by atoms with van der Waals surface area (Å²) in [7, 11) is 0. The fraction of sp³-hybridized carbons (Fsp3) is 0. The van der Waals surface area contributed by atoms with E-state index in [2.05, 4.69) is 299 Å². The summed E-state index contributed by atoms with van der Waals surface area (Å²) < 4.78 is 20.5. The Kier molecular flexibility index (Phi) is 12.4. The van der Waals surface area contributed by atoms with Gasteiger partial charge in [-0.15, -0.1) is 0 Å². The lowest BCUT2D eigenvalue weighted by Crippen LogP contribution is -2.06. The lowest BCUT2D eigenvalue weighted by atomic mass is 10.0. The van der Waals surface area contributed by atoms with E-state index in [0.717, 1.165) is 149 Å². The van der Waals surface area contributed by atoms with Gasteiger partial charge < -0.3 is 13.4 Å². The highest BCUT2D eigenvalue weighted by molar-refractivity contribution is 6.15. The first-order valence-corrected chi connectivity index (χ1v) is 33.8. The van der Waals surface area contributed by atoms with Crippen molar-refractivity contribution in [2.75, 3.05) is 0 Å². The summed E-state index contributed by atoms with van der Waals surface area (Å²) in [6.07, 6.45) is 0. The van der Waals surface area contributed by atoms with Crippen LogP contribution in [0.15, 0.2) is 330 Å². The quantitative estimate of drug-likeness (QED) is 0.133. The van der Waals surface area contributed by atoms with Crippen LogP contribution in [0, 0.1) is 0 Å². The number of para-hydroxylation sites is 6. The summed E-state index contributed by atoms with van der Waals surface area (Å²) in [5, 5.41) is 10.8. The van der Waals surface area contributed by atoms with Crippen LogP contribution in [0.1, 0.15) is 0 Å². The molecule has 0 N–H and O–H groups in total. The van der Waals surface area contributed by atoms with Crippen LogP contribution in [0.5, 0.6) is 0 Å². The van der Waals surface area contributed by atoms with Crippen LogP contribution in [0.25, 0.3) is 206 Å². The molecule has 14 aromatic carbocycles. The van der Waals surface area contributed by atoms with Crippen molar-refractivity contribution in [3.05, 3.63) is 322 Å². The van der Waals surface area contributed by atoms with Gasteiger partial charge in [0.05, 0.1) is 38.8 Å². The van der Waals surface area contributed by atoms with Crippen molar-refractivity contribution in [1.82, 2.24) is 43.6 Å². The van der Waals surface area contributed by atoms with E-state index in [-0.39, 0.29) is 0 Å². The van der Waals surface area contributed by atoms with Crippen molar-refractivity contribution in [3.63, 3.8) is 0 Å². The van der Waals surface area contributed by atoms with E-state index in [0.29, 0.717) is 35.2 Å². The van der Waals surface area contributed by atoms with Gasteiger partial charge in [-0.05, 0) is 101 Å². The highest BCUT2D eigenvalue weighted by Crippen LogP contribution is 2.43. The molecule has 0 aliphatic heterocycles. The number of benzene rings is 14. The van der Waals surface area contributed by atoms with Crippen LogP contribution >= 0.6 is 0 Å². The van der Waals surface area contributed by atoms with E-state index < -0.39 is 0 Å². The summed E-state index contributed by atoms with van der Waals surface area (Å²) in [5.74, 6) is 3.12. The average molecular weight is 1290 g/mol. The molecule has 0 spiro atoms. The maximum atomic E-state index is 7.08. The van der Waals surface area contributed by atoms with Gasteiger partial charge in [-0.2, -0.15) is 19.9 Å². The largest absolute Gasteiger partial charge is 0.455 e. The Morgan fingerprint density at radius 2 is 0.564 bits per heavy atom. The van der Waals surface area contributed by atoms with E-state index in [1.54, 1.807) is 0 Å². The van der Waals surface area contributed by atoms with Gasteiger partial charge in [0.15, 0.2) is 28.9 Å². The first-order chi connectivity index (χ1) is 50.0. The Morgan fingerprint density at radius 3 is 1.15 bits per heavy atom. The first kappa shape index (κ1) is 56.3. The second-order valence-corrected chi connectivity index (χ2v) is 25.7. The third-order valence-electron chi connectivity index (χ3n) is 20.0. The molecule has 0 radical (unpaired) electrons. The number of hydrogen-bond donors (Lipinski definition) is 0. The van der Waals surface area contributed by atoms with Gasteiger partial charge in [0, 0.05) is 81.7 Å². The molecule has 0 aliphatic rings. The zero-order valence-electron chi connectivity index (χ0n) is 53.9. The zero-order valence-corrected chi connectivity index (χ0v) is 53.9. The Bertz CT molecular complexity index is 6890. The second kappa shape index (κ2) is 22.3. The summed E-state index contributed by atoms with van der Waals surface area (Å²) in [5.41, 5.74) is 20.0. The predicted octanol–water partition coefficient (Wildman–Crippen LogP) is 22.8. The number of nitrogens with zero attached hydrogens (tertiary/aromatic N) is 9. The van der Waals surface area contributed by atoms with Gasteiger partial charge in [0.1, 0.15) is 16.7 Å². The van der Waals surface area contributed by atoms with Crippen molar-refractivity contribution < 1.29 is 8.83 Å². The monoisotopic (exact) mass is 1290 g/mol. The molecule has 0 unspecified atom stereocenters. The van der Waals surface area contributed by atoms with E-state index in [1.165, 1.54) is 21.9 Å². The van der Waals surface area contributed by atoms with Crippen LogP contribution in [-0.2, 0) is 0 Å². The normalized spacial score (nSPS) is 12.0. The second-order valence-electron chi connectivity index (χ2n) is 25.7. The minimum atomic E-state index is 0.488. The van der Waals surface area contributed by atoms with Crippen LogP contribution in [-0.4, -0.2) is 43.6 Å². The fourth-order valence-electron chi connectivity index (χ4n) is 15.3. The highest BCUT2D eigenvalue weighted by atomic mass is 16.3. The van der Waals surface area contributed by atoms with Crippen molar-refractivity contribution in [3.8, 4) is 96.5 Å². The lowest BCUT2D eigenvalue weighted by Gasteiger charge is -2.12. The van der Waals surface area contributed by atoms with Crippen LogP contribution in [0.4, 0.5) is 0 Å². The number of fused-ring (bicyclic) bond motifs is 15. The molecule has 7 aromatic heterocycles. The molecule has 7 heterocycles. The van der Waals surface area contributed by atoms with Gasteiger partial charge in [-0.25, -0.2) is 9.97 Å². The average Bonchev–Trinajstić information content (AvgIpc) is 1.58. The molecule has 0 atom stereocenters. The van der Waals surface area contributed by atoms with Crippen LogP contribution < -0.4 is 0 Å². The molecule has 0 saturated carbocycles. The SMILES string of the molecule is c1ccc(-c2ccc3c(c2)c2ccccc2n3-c2cccc3c2oc2cc(-c4nc(-c5ccccc5)nc(-n5c6ccccc6c6ccc(-c7ccc(-c8nc(-c9ccc%10c(c9)oc9c(-c%11ccccc%11)cccc9%10)nc(-n9c%10ccccc%10c%10ccccc%109)n8)cc7)cc65)n4)ccc23)cc1. The van der Waals surface area contributed by atoms with Gasteiger partial charge in [0.25, 0.3) is 0 Å². The van der Waals surface area contributed by atoms with Crippen molar-refractivity contribution in [1.29, 1.82) is 0 Å². The molecule has 0 saturated heterocycles. The molecule has 11 heteroatoms. The van der Waals surface area contributed by atoms with Crippen LogP contribution in [0.2, 0.25) is 0 Å². The number of rotatable bonds is 10. The third kappa shape index (κ3) is 9.00. The molecule has 11 nitrogen and oxygen atoms in total. The minimum Gasteiger partial charge on any atom is -0.455 e. The van der Waals surface area contributed by atoms with Gasteiger partial charge in [0.2, 0.25) is 11.9 Å². The van der Waals surface area contributed by atoms with E-state index in [4.69, 9.17) is 38.7 Å². The number of hydrogen-bond acceptors (Lipinski definition) is 8. The standard InChI is InChI=1S/C90H53N9O2/c1-4-20-54(21-5-1)59-45-49-78-73(50-59)67-29-13-14-33-74(67)97(78)79-37-19-32-72-70-48-44-62(53-82(70)101-84(72)79)87-91-85(57-24-8-3-9-25-57)93-90(96-87)99-77-36-17-12-28-66(77)68-46-42-60(51-80(68)99)55-38-40-58(41-39-55)86-92-88(95-89(94-86)98-75-34-15-10-26-64(75)65-27-11-16-35-76(65)98)61-43-47-69-71-31-18-30-63(56-22-6-2-7-23-56)83(71)100-81(69)52-61/h1-53H. The maximum Gasteiger partial charge on any atom is 0.238 e. The number of aromatic nitrogens is 9. The topological polar surface area (TPSA) is 118 Å². The fourth-order valence-corrected chi connectivity index (χ4v) is 15.3. The molecule has 470 valence electrons. The zero-order chi connectivity index (χ0) is 66.2. The van der Waals surface area contributed by atoms with Gasteiger partial charge in [-0.1, -0.05) is 249 Å². The van der Waals surface area contributed by atoms with Gasteiger partial charge >= 0.3 is 0 Å². The summed E-state index contributed by atoms with van der Waals surface area (Å²) in [6, 6.07) is 112. The van der Waals surface area contributed by atoms with Crippen molar-refractivity contribution >= 4 is 109 Å². The first-order valence-electron chi connectivity index (χ1n) is 33.8. The smallest absolute Gasteiger partial charge is 0.238 e. The van der Waals surface area contributed by atoms with Crippen LogP contribution in [0.3, 0.4) is 0 Å². The Labute approximate surface area is 576 Å². The van der Waals surface area contributed by atoms with E-state index >= 15 is 0 Å². The molecule has 0 bridgehead atoms. The Hall–Kier alpha value is -13.9. The molecule has 0 fully saturated rings. The molecule has 101 heavy (non-hydrogen) atoms. The lowest BCUT2D eigenvalue weighted by molar-refractivity contribution is 0.666. The Morgan fingerprint density at radius 1 is 0.198 bits per heavy atom. The predicted molar refractivity (Wildman–Crippen MR) is 409 cm³/mol. The van der Waals surface area contributed by atoms with Crippen molar-refractivity contribution in [2.45, 2.75) is 0 Å². The third-order valence-corrected chi connectivity index (χ3v) is 20.0. The molecule has 0 aliphatic carbocycles. The minimum absolute atomic E-state index is 0.488. The molecule has 21 aromatic rings. The Balaban J connectivity index is 0.677. The maximum absolute atomic E-state index is 7.08. The molecular weight excluding hydrogens is 1240 g/mol. The molecular formula is C90H53N9O2. The molecule has 0 amide bonds. The van der Waals surface area contributed by atoms with Gasteiger partial charge in [-0.3, -0.25) is 9.13 Å².